The van der Waals surface area contributed by atoms with Crippen LogP contribution in [0.15, 0.2) is 116 Å². The first-order valence-electron chi connectivity index (χ1n) is 17.1. The number of nitrogens with two attached hydrogens (primary N) is 1. The summed E-state index contributed by atoms with van der Waals surface area (Å²) in [7, 11) is 1.59. The number of piperidine rings is 1. The first-order valence-corrected chi connectivity index (χ1v) is 19.6. The fraction of sp³-hybridized carbons (Fsp3) is 0.359. The van der Waals surface area contributed by atoms with E-state index in [1.54, 1.807) is 37.1 Å². The number of amidine groups is 1. The molecule has 0 radical (unpaired) electrons. The van der Waals surface area contributed by atoms with Gasteiger partial charge in [-0.3, -0.25) is 0 Å². The highest BCUT2D eigenvalue weighted by atomic mass is 32.2. The molecule has 270 valence electrons. The van der Waals surface area contributed by atoms with Crippen LogP contribution >= 0.6 is 11.8 Å². The van der Waals surface area contributed by atoms with Crippen LogP contribution in [0, 0.1) is 11.8 Å². The average molecular weight is 729 g/mol. The molecule has 1 heterocycles. The number of nitrogens with one attached hydrogen (secondary N) is 1. The number of sulfonamides is 1. The molecule has 1 aliphatic heterocycles. The Morgan fingerprint density at radius 1 is 1.00 bits per heavy atom. The van der Waals surface area contributed by atoms with Gasteiger partial charge in [0.1, 0.15) is 11.5 Å². The Morgan fingerprint density at radius 3 is 2.33 bits per heavy atom. The van der Waals surface area contributed by atoms with Crippen molar-refractivity contribution in [3.63, 3.8) is 0 Å². The highest BCUT2D eigenvalue weighted by molar-refractivity contribution is 7.99. The summed E-state index contributed by atoms with van der Waals surface area (Å²) in [5.41, 5.74) is 10.6. The van der Waals surface area contributed by atoms with Crippen molar-refractivity contribution in [3.8, 4) is 0 Å². The summed E-state index contributed by atoms with van der Waals surface area (Å²) in [5, 5.41) is 6.57. The molecule has 0 aromatic heterocycles. The second-order valence-corrected chi connectivity index (χ2v) is 16.0. The van der Waals surface area contributed by atoms with Crippen LogP contribution in [0.4, 0.5) is 17.1 Å². The maximum Gasteiger partial charge on any atom is 0.284 e. The lowest BCUT2D eigenvalue weighted by Crippen LogP contribution is -2.47. The van der Waals surface area contributed by atoms with E-state index in [-0.39, 0.29) is 28.1 Å². The molecule has 51 heavy (non-hydrogen) atoms. The van der Waals surface area contributed by atoms with E-state index in [1.165, 1.54) is 23.3 Å². The second kappa shape index (κ2) is 17.3. The van der Waals surface area contributed by atoms with Gasteiger partial charge in [-0.15, -0.1) is 21.1 Å². The fourth-order valence-electron chi connectivity index (χ4n) is 6.27. The first kappa shape index (κ1) is 38.0. The van der Waals surface area contributed by atoms with E-state index in [4.69, 9.17) is 10.5 Å². The summed E-state index contributed by atoms with van der Waals surface area (Å²) in [6.07, 6.45) is 3.46. The Labute approximate surface area is 306 Å². The third-order valence-electron chi connectivity index (χ3n) is 9.47. The number of methoxy groups -OCH3 is 1. The maximum atomic E-state index is 13.3. The zero-order chi connectivity index (χ0) is 36.4. The summed E-state index contributed by atoms with van der Waals surface area (Å²) in [6.45, 7) is 4.63. The Kier molecular flexibility index (Phi) is 12.9. The van der Waals surface area contributed by atoms with Gasteiger partial charge in [0.25, 0.3) is 10.0 Å². The summed E-state index contributed by atoms with van der Waals surface area (Å²) >= 11 is 1.71. The fourth-order valence-corrected chi connectivity index (χ4v) is 8.24. The molecule has 0 spiro atoms. The minimum atomic E-state index is -4.23. The van der Waals surface area contributed by atoms with Crippen LogP contribution in [-0.2, 0) is 21.2 Å². The maximum absolute atomic E-state index is 13.3. The number of anilines is 2. The van der Waals surface area contributed by atoms with E-state index in [0.29, 0.717) is 11.3 Å². The zero-order valence-electron chi connectivity index (χ0n) is 29.8. The van der Waals surface area contributed by atoms with Gasteiger partial charge in [-0.1, -0.05) is 42.5 Å². The Morgan fingerprint density at radius 2 is 1.69 bits per heavy atom. The van der Waals surface area contributed by atoms with Gasteiger partial charge < -0.3 is 25.6 Å². The average Bonchev–Trinajstić information content (AvgIpc) is 3.14. The smallest absolute Gasteiger partial charge is 0.284 e. The normalized spacial score (nSPS) is 15.5. The van der Waals surface area contributed by atoms with E-state index < -0.39 is 10.0 Å². The van der Waals surface area contributed by atoms with Crippen LogP contribution in [-0.4, -0.2) is 77.4 Å². The molecule has 12 heteroatoms. The Hall–Kier alpha value is -4.23. The number of ether oxygens (including phenoxy) is 1. The second-order valence-electron chi connectivity index (χ2n) is 13.3. The van der Waals surface area contributed by atoms with Gasteiger partial charge in [0.2, 0.25) is 0 Å². The van der Waals surface area contributed by atoms with E-state index in [1.807, 2.05) is 44.4 Å². The van der Waals surface area contributed by atoms with Crippen molar-refractivity contribution < 1.29 is 13.2 Å². The van der Waals surface area contributed by atoms with Crippen molar-refractivity contribution >= 4 is 44.7 Å². The minimum Gasteiger partial charge on any atom is -0.383 e. The standard InChI is InChI=1S/C39H48N6O4S2/c1-29-10-8-9-11-31(29)27-39(49-4)21-24-45(25-22-39)33-16-14-30(15-17-33)38(40)43-51(47,48)35-18-19-36(37(26-35)42-46)41-32(20-23-44(2)3)28-50-34-12-6-5-7-13-34/h5-19,26,32,41H,20-25,27-28H2,1-4H3,(H2,40,43)/t32-/m1/s1. The van der Waals surface area contributed by atoms with Gasteiger partial charge in [-0.25, -0.2) is 0 Å². The molecule has 0 aliphatic carbocycles. The van der Waals surface area contributed by atoms with Gasteiger partial charge in [-0.2, -0.15) is 8.42 Å². The largest absolute Gasteiger partial charge is 0.383 e. The predicted octanol–water partition coefficient (Wildman–Crippen LogP) is 7.24. The van der Waals surface area contributed by atoms with E-state index in [9.17, 15) is 13.3 Å². The molecule has 4 aromatic rings. The van der Waals surface area contributed by atoms with E-state index in [0.717, 1.165) is 61.7 Å². The summed E-state index contributed by atoms with van der Waals surface area (Å²) in [4.78, 5) is 17.3. The summed E-state index contributed by atoms with van der Waals surface area (Å²) in [6, 6.07) is 30.2. The monoisotopic (exact) mass is 728 g/mol. The number of nitrogens with zero attached hydrogens (tertiary/aromatic N) is 4. The SMILES string of the molecule is COC1(Cc2ccccc2C)CCN(c2ccc(C(N)=NS(=O)(=O)c3ccc(N[C@H](CCN(C)C)CSc4ccccc4)c(N=O)c3)cc2)CC1. The molecule has 3 N–H and O–H groups in total. The third kappa shape index (κ3) is 10.2. The quantitative estimate of drug-likeness (QED) is 0.0531. The van der Waals surface area contributed by atoms with Crippen molar-refractivity contribution in [2.75, 3.05) is 56.8 Å². The van der Waals surface area contributed by atoms with Crippen LogP contribution in [0.3, 0.4) is 0 Å². The van der Waals surface area contributed by atoms with Crippen LogP contribution in [0.5, 0.6) is 0 Å². The first-order chi connectivity index (χ1) is 24.5. The lowest BCUT2D eigenvalue weighted by molar-refractivity contribution is -0.0290. The predicted molar refractivity (Wildman–Crippen MR) is 210 cm³/mol. The van der Waals surface area contributed by atoms with Crippen molar-refractivity contribution in [1.29, 1.82) is 0 Å². The van der Waals surface area contributed by atoms with Gasteiger partial charge in [0.05, 0.1) is 16.2 Å². The van der Waals surface area contributed by atoms with Gasteiger partial charge in [0, 0.05) is 54.6 Å². The molecule has 1 saturated heterocycles. The van der Waals surface area contributed by atoms with Crippen LogP contribution in [0.25, 0.3) is 0 Å². The molecule has 0 saturated carbocycles. The van der Waals surface area contributed by atoms with Crippen LogP contribution in [0.2, 0.25) is 0 Å². The number of aryl methyl sites for hydroxylation is 1. The molecule has 1 fully saturated rings. The summed E-state index contributed by atoms with van der Waals surface area (Å²) < 4.78 is 36.7. The molecule has 0 unspecified atom stereocenters. The molecular formula is C39H48N6O4S2. The molecule has 10 nitrogen and oxygen atoms in total. The lowest BCUT2D eigenvalue weighted by Gasteiger charge is -2.42. The van der Waals surface area contributed by atoms with Crippen molar-refractivity contribution in [2.24, 2.45) is 15.3 Å². The van der Waals surface area contributed by atoms with Gasteiger partial charge in [0.15, 0.2) is 0 Å². The highest BCUT2D eigenvalue weighted by Crippen LogP contribution is 2.34. The number of benzene rings is 4. The molecule has 0 amide bonds. The third-order valence-corrected chi connectivity index (χ3v) is 11.9. The topological polar surface area (TPSA) is 130 Å². The van der Waals surface area contributed by atoms with Gasteiger partial charge in [-0.05, 0) is 118 Å². The Balaban J connectivity index is 1.24. The molecule has 5 rings (SSSR count). The lowest BCUT2D eigenvalue weighted by atomic mass is 9.83. The number of hydrogen-bond acceptors (Lipinski definition) is 9. The zero-order valence-corrected chi connectivity index (χ0v) is 31.4. The molecule has 4 aromatic carbocycles. The van der Waals surface area contributed by atoms with Crippen LogP contribution in [0.1, 0.15) is 36.0 Å². The summed E-state index contributed by atoms with van der Waals surface area (Å²) in [5.74, 6) is 0.608. The molecule has 1 aliphatic rings. The van der Waals surface area contributed by atoms with Gasteiger partial charge >= 0.3 is 0 Å². The molecule has 1 atom stereocenters. The van der Waals surface area contributed by atoms with Crippen LogP contribution < -0.4 is 16.0 Å². The highest BCUT2D eigenvalue weighted by Gasteiger charge is 2.35. The Bertz CT molecular complexity index is 1890. The molecular weight excluding hydrogens is 681 g/mol. The number of thioether (sulfide) groups is 1. The number of hydrogen-bond donors (Lipinski definition) is 2. The van der Waals surface area contributed by atoms with Crippen molar-refractivity contribution in [1.82, 2.24) is 4.90 Å². The van der Waals surface area contributed by atoms with E-state index in [2.05, 4.69) is 68.0 Å². The van der Waals surface area contributed by atoms with Crippen molar-refractivity contribution in [3.05, 3.63) is 119 Å². The van der Waals surface area contributed by atoms with Crippen molar-refractivity contribution in [2.45, 2.75) is 54.0 Å². The number of nitroso groups, excluding NO2 is 1. The minimum absolute atomic E-state index is 0.00298. The molecule has 0 bridgehead atoms. The number of rotatable bonds is 16. The van der Waals surface area contributed by atoms with E-state index >= 15 is 0 Å².